The molecule has 0 unspecified atom stereocenters. The Morgan fingerprint density at radius 1 is 1.11 bits per heavy atom. The van der Waals surface area contributed by atoms with E-state index in [1.54, 1.807) is 24.3 Å². The van der Waals surface area contributed by atoms with Crippen molar-refractivity contribution in [3.05, 3.63) is 54.0 Å². The van der Waals surface area contributed by atoms with Gasteiger partial charge < -0.3 is 4.90 Å². The van der Waals surface area contributed by atoms with Gasteiger partial charge in [-0.2, -0.15) is 13.2 Å². The zero-order valence-corrected chi connectivity index (χ0v) is 10.2. The normalized spacial score (nSPS) is 11.4. The lowest BCUT2D eigenvalue weighted by Crippen LogP contribution is -2.18. The van der Waals surface area contributed by atoms with E-state index in [1.807, 2.05) is 12.1 Å². The maximum absolute atomic E-state index is 12.4. The maximum Gasteiger partial charge on any atom is 0.417 e. The molecule has 0 saturated heterocycles. The number of hydrogen-bond donors (Lipinski definition) is 0. The number of aromatic nitrogens is 2. The van der Waals surface area contributed by atoms with Crippen LogP contribution in [-0.4, -0.2) is 17.0 Å². The summed E-state index contributed by atoms with van der Waals surface area (Å²) in [5.41, 5.74) is 0.271. The third-order valence-corrected chi connectivity index (χ3v) is 2.64. The molecule has 0 fully saturated rings. The lowest BCUT2D eigenvalue weighted by atomic mass is 10.2. The van der Waals surface area contributed by atoms with Crippen molar-refractivity contribution >= 4 is 5.82 Å². The van der Waals surface area contributed by atoms with Crippen molar-refractivity contribution < 1.29 is 13.2 Å². The molecule has 0 saturated carbocycles. The van der Waals surface area contributed by atoms with Gasteiger partial charge in [0.05, 0.1) is 5.56 Å². The SMILES string of the molecule is CN(Cc1ccncc1)c1ccc(C(F)(F)F)cn1. The largest absolute Gasteiger partial charge is 0.417 e. The highest BCUT2D eigenvalue weighted by Crippen LogP contribution is 2.29. The average molecular weight is 267 g/mol. The molecule has 0 aromatic carbocycles. The van der Waals surface area contributed by atoms with Gasteiger partial charge in [0.2, 0.25) is 0 Å². The first-order valence-electron chi connectivity index (χ1n) is 5.60. The zero-order valence-electron chi connectivity index (χ0n) is 10.2. The summed E-state index contributed by atoms with van der Waals surface area (Å²) in [6.07, 6.45) is -0.166. The summed E-state index contributed by atoms with van der Waals surface area (Å²) < 4.78 is 37.2. The summed E-state index contributed by atoms with van der Waals surface area (Å²) >= 11 is 0. The fraction of sp³-hybridized carbons (Fsp3) is 0.231. The predicted molar refractivity (Wildman–Crippen MR) is 65.6 cm³/mol. The van der Waals surface area contributed by atoms with Crippen LogP contribution in [0.15, 0.2) is 42.9 Å². The minimum atomic E-state index is -4.35. The van der Waals surface area contributed by atoms with Gasteiger partial charge in [-0.1, -0.05) is 0 Å². The van der Waals surface area contributed by atoms with Crippen LogP contribution in [0.4, 0.5) is 19.0 Å². The lowest BCUT2D eigenvalue weighted by Gasteiger charge is -2.18. The molecule has 0 radical (unpaired) electrons. The Kier molecular flexibility index (Phi) is 3.69. The first-order chi connectivity index (χ1) is 8.97. The van der Waals surface area contributed by atoms with Gasteiger partial charge in [0, 0.05) is 32.2 Å². The summed E-state index contributed by atoms with van der Waals surface area (Å²) in [5, 5.41) is 0. The van der Waals surface area contributed by atoms with E-state index in [2.05, 4.69) is 9.97 Å². The van der Waals surface area contributed by atoms with Crippen molar-refractivity contribution in [2.75, 3.05) is 11.9 Å². The van der Waals surface area contributed by atoms with Crippen LogP contribution in [0.25, 0.3) is 0 Å². The second kappa shape index (κ2) is 5.26. The quantitative estimate of drug-likeness (QED) is 0.855. The summed E-state index contributed by atoms with van der Waals surface area (Å²) in [7, 11) is 1.77. The molecule has 0 spiro atoms. The average Bonchev–Trinajstić information content (AvgIpc) is 2.39. The molecule has 100 valence electrons. The fourth-order valence-electron chi connectivity index (χ4n) is 1.62. The van der Waals surface area contributed by atoms with E-state index in [-0.39, 0.29) is 0 Å². The molecule has 2 aromatic rings. The number of nitrogens with zero attached hydrogens (tertiary/aromatic N) is 3. The van der Waals surface area contributed by atoms with E-state index in [9.17, 15) is 13.2 Å². The molecule has 0 amide bonds. The van der Waals surface area contributed by atoms with E-state index < -0.39 is 11.7 Å². The Hall–Kier alpha value is -2.11. The van der Waals surface area contributed by atoms with Gasteiger partial charge in [0.15, 0.2) is 0 Å². The van der Waals surface area contributed by atoms with Crippen molar-refractivity contribution in [2.24, 2.45) is 0 Å². The first-order valence-corrected chi connectivity index (χ1v) is 5.60. The molecule has 2 aromatic heterocycles. The molecule has 0 aliphatic carbocycles. The van der Waals surface area contributed by atoms with Gasteiger partial charge in [0.1, 0.15) is 5.82 Å². The summed E-state index contributed by atoms with van der Waals surface area (Å²) in [6.45, 7) is 0.556. The second-order valence-corrected chi connectivity index (χ2v) is 4.11. The highest BCUT2D eigenvalue weighted by Gasteiger charge is 2.30. The van der Waals surface area contributed by atoms with Gasteiger partial charge in [-0.3, -0.25) is 4.98 Å². The van der Waals surface area contributed by atoms with Gasteiger partial charge >= 0.3 is 6.18 Å². The van der Waals surface area contributed by atoms with Crippen molar-refractivity contribution in [3.8, 4) is 0 Å². The van der Waals surface area contributed by atoms with Crippen LogP contribution in [0.1, 0.15) is 11.1 Å². The van der Waals surface area contributed by atoms with E-state index in [4.69, 9.17) is 0 Å². The van der Waals surface area contributed by atoms with Crippen LogP contribution in [0, 0.1) is 0 Å². The fourth-order valence-corrected chi connectivity index (χ4v) is 1.62. The number of rotatable bonds is 3. The molecular weight excluding hydrogens is 255 g/mol. The summed E-state index contributed by atoms with van der Waals surface area (Å²) in [4.78, 5) is 9.51. The highest BCUT2D eigenvalue weighted by atomic mass is 19.4. The van der Waals surface area contributed by atoms with Crippen LogP contribution in [0.3, 0.4) is 0 Å². The van der Waals surface area contributed by atoms with E-state index >= 15 is 0 Å². The third-order valence-electron chi connectivity index (χ3n) is 2.64. The highest BCUT2D eigenvalue weighted by molar-refractivity contribution is 5.39. The summed E-state index contributed by atoms with van der Waals surface area (Å²) in [5.74, 6) is 0.491. The number of hydrogen-bond acceptors (Lipinski definition) is 3. The smallest absolute Gasteiger partial charge is 0.355 e. The van der Waals surface area contributed by atoms with Gasteiger partial charge in [-0.25, -0.2) is 4.98 Å². The van der Waals surface area contributed by atoms with Crippen LogP contribution in [0.5, 0.6) is 0 Å². The van der Waals surface area contributed by atoms with Gasteiger partial charge in [0.25, 0.3) is 0 Å². The van der Waals surface area contributed by atoms with Crippen molar-refractivity contribution in [1.29, 1.82) is 0 Å². The minimum Gasteiger partial charge on any atom is -0.355 e. The van der Waals surface area contributed by atoms with Crippen molar-refractivity contribution in [2.45, 2.75) is 12.7 Å². The number of alkyl halides is 3. The molecule has 6 heteroatoms. The first kappa shape index (κ1) is 13.3. The molecule has 19 heavy (non-hydrogen) atoms. The monoisotopic (exact) mass is 267 g/mol. The Morgan fingerprint density at radius 3 is 2.32 bits per heavy atom. The maximum atomic E-state index is 12.4. The number of pyridine rings is 2. The molecule has 3 nitrogen and oxygen atoms in total. The number of halogens is 3. The third kappa shape index (κ3) is 3.43. The summed E-state index contributed by atoms with van der Waals surface area (Å²) in [6, 6.07) is 6.09. The van der Waals surface area contributed by atoms with E-state index in [1.165, 1.54) is 6.07 Å². The van der Waals surface area contributed by atoms with Gasteiger partial charge in [-0.05, 0) is 29.8 Å². The van der Waals surface area contributed by atoms with Gasteiger partial charge in [-0.15, -0.1) is 0 Å². The van der Waals surface area contributed by atoms with Crippen LogP contribution < -0.4 is 4.90 Å². The van der Waals surface area contributed by atoms with E-state index in [0.29, 0.717) is 12.4 Å². The molecule has 0 bridgehead atoms. The minimum absolute atomic E-state index is 0.491. The molecular formula is C13H12F3N3. The van der Waals surface area contributed by atoms with Crippen molar-refractivity contribution in [1.82, 2.24) is 9.97 Å². The second-order valence-electron chi connectivity index (χ2n) is 4.11. The standard InChI is InChI=1S/C13H12F3N3/c1-19(9-10-4-6-17-7-5-10)12-3-2-11(8-18-12)13(14,15)16/h2-8H,9H2,1H3. The predicted octanol–water partition coefficient (Wildman–Crippen LogP) is 3.13. The molecule has 0 aliphatic rings. The Bertz CT molecular complexity index is 523. The van der Waals surface area contributed by atoms with Crippen LogP contribution in [0.2, 0.25) is 0 Å². The van der Waals surface area contributed by atoms with Crippen LogP contribution >= 0.6 is 0 Å². The number of anilines is 1. The lowest BCUT2D eigenvalue weighted by molar-refractivity contribution is -0.137. The van der Waals surface area contributed by atoms with E-state index in [0.717, 1.165) is 17.8 Å². The Labute approximate surface area is 108 Å². The van der Waals surface area contributed by atoms with Crippen LogP contribution in [-0.2, 0) is 12.7 Å². The topological polar surface area (TPSA) is 29.0 Å². The Morgan fingerprint density at radius 2 is 1.79 bits per heavy atom. The molecule has 2 rings (SSSR count). The molecule has 2 heterocycles. The zero-order chi connectivity index (χ0) is 13.9. The van der Waals surface area contributed by atoms with Crippen molar-refractivity contribution in [3.63, 3.8) is 0 Å². The molecule has 0 atom stereocenters. The molecule has 0 aliphatic heterocycles. The molecule has 0 N–H and O–H groups in total. The Balaban J connectivity index is 2.10.